The second-order valence-electron chi connectivity index (χ2n) is 7.56. The summed E-state index contributed by atoms with van der Waals surface area (Å²) in [7, 11) is 0. The van der Waals surface area contributed by atoms with Crippen molar-refractivity contribution in [1.82, 2.24) is 31.0 Å². The fourth-order valence-corrected chi connectivity index (χ4v) is 3.64. The number of allylic oxidation sites excluding steroid dienone is 1. The van der Waals surface area contributed by atoms with Gasteiger partial charge in [-0.05, 0) is 49.5 Å². The standard InChI is InChI=1S/C20H22F2N8/c1-2-30(10-12-5-13(21)6-17-14(12)8-24-27-17)20-23-9-15(22)19(26-20)25-18-7-16(28-29-18)11-3-4-11/h5-9,11,18,28-29H,2-4,10H2,1H3,(H,24,27)(H,23,25,26). The topological polar surface area (TPSA) is 93.8 Å². The van der Waals surface area contributed by atoms with Gasteiger partial charge in [0.25, 0.3) is 0 Å². The summed E-state index contributed by atoms with van der Waals surface area (Å²) < 4.78 is 28.4. The lowest BCUT2D eigenvalue weighted by molar-refractivity contribution is 0.582. The zero-order valence-corrected chi connectivity index (χ0v) is 16.4. The molecule has 1 saturated carbocycles. The van der Waals surface area contributed by atoms with E-state index in [9.17, 15) is 8.78 Å². The number of nitrogens with zero attached hydrogens (tertiary/aromatic N) is 4. The average molecular weight is 412 g/mol. The van der Waals surface area contributed by atoms with Crippen molar-refractivity contribution in [3.63, 3.8) is 0 Å². The molecule has 0 saturated heterocycles. The van der Waals surface area contributed by atoms with Crippen LogP contribution in [0.2, 0.25) is 0 Å². The van der Waals surface area contributed by atoms with E-state index in [0.29, 0.717) is 30.5 Å². The van der Waals surface area contributed by atoms with E-state index >= 15 is 0 Å². The molecule has 0 radical (unpaired) electrons. The SMILES string of the molecule is CCN(Cc1cc(F)cc2[nH]ncc12)c1ncc(F)c(NC2C=C(C3CC3)NN2)n1. The number of halogens is 2. The van der Waals surface area contributed by atoms with Gasteiger partial charge in [0.15, 0.2) is 11.6 Å². The van der Waals surface area contributed by atoms with Crippen molar-refractivity contribution in [3.05, 3.63) is 53.5 Å². The summed E-state index contributed by atoms with van der Waals surface area (Å²) in [6, 6.07) is 2.88. The molecular formula is C20H22F2N8. The fourth-order valence-electron chi connectivity index (χ4n) is 3.64. The van der Waals surface area contributed by atoms with Gasteiger partial charge in [0.2, 0.25) is 5.95 Å². The lowest BCUT2D eigenvalue weighted by atomic mass is 10.1. The van der Waals surface area contributed by atoms with Gasteiger partial charge in [-0.15, -0.1) is 0 Å². The first-order valence-corrected chi connectivity index (χ1v) is 9.99. The Kier molecular flexibility index (Phi) is 4.70. The zero-order chi connectivity index (χ0) is 20.7. The van der Waals surface area contributed by atoms with E-state index in [4.69, 9.17) is 0 Å². The average Bonchev–Trinajstić information content (AvgIpc) is 3.29. The highest BCUT2D eigenvalue weighted by molar-refractivity contribution is 5.82. The van der Waals surface area contributed by atoms with Crippen LogP contribution in [0.3, 0.4) is 0 Å². The van der Waals surface area contributed by atoms with Crippen molar-refractivity contribution < 1.29 is 8.78 Å². The molecule has 0 amide bonds. The lowest BCUT2D eigenvalue weighted by Gasteiger charge is -2.22. The second kappa shape index (κ2) is 7.52. The van der Waals surface area contributed by atoms with Crippen LogP contribution in [0.5, 0.6) is 0 Å². The molecule has 3 heterocycles. The highest BCUT2D eigenvalue weighted by Gasteiger charge is 2.30. The molecule has 2 aliphatic rings. The van der Waals surface area contributed by atoms with Crippen LogP contribution in [-0.4, -0.2) is 32.9 Å². The van der Waals surface area contributed by atoms with E-state index in [0.717, 1.165) is 22.8 Å². The van der Waals surface area contributed by atoms with Crippen LogP contribution in [-0.2, 0) is 6.54 Å². The highest BCUT2D eigenvalue weighted by atomic mass is 19.1. The van der Waals surface area contributed by atoms with Crippen molar-refractivity contribution >= 4 is 22.7 Å². The molecule has 1 fully saturated rings. The number of fused-ring (bicyclic) bond motifs is 1. The maximum atomic E-state index is 14.4. The summed E-state index contributed by atoms with van der Waals surface area (Å²) in [4.78, 5) is 10.4. The molecular weight excluding hydrogens is 390 g/mol. The van der Waals surface area contributed by atoms with E-state index in [-0.39, 0.29) is 17.8 Å². The molecule has 30 heavy (non-hydrogen) atoms. The number of benzene rings is 1. The molecule has 0 spiro atoms. The number of rotatable bonds is 7. The van der Waals surface area contributed by atoms with Gasteiger partial charge in [-0.25, -0.2) is 19.2 Å². The third-order valence-electron chi connectivity index (χ3n) is 5.39. The van der Waals surface area contributed by atoms with Crippen LogP contribution in [0.15, 0.2) is 36.3 Å². The minimum Gasteiger partial charge on any atom is -0.347 e. The van der Waals surface area contributed by atoms with Crippen molar-refractivity contribution in [3.8, 4) is 0 Å². The monoisotopic (exact) mass is 412 g/mol. The van der Waals surface area contributed by atoms with E-state index in [2.05, 4.69) is 36.3 Å². The summed E-state index contributed by atoms with van der Waals surface area (Å²) in [6.07, 6.45) is 6.92. The fraction of sp³-hybridized carbons (Fsp3) is 0.350. The van der Waals surface area contributed by atoms with Gasteiger partial charge in [-0.1, -0.05) is 0 Å². The summed E-state index contributed by atoms with van der Waals surface area (Å²) >= 11 is 0. The largest absolute Gasteiger partial charge is 0.347 e. The van der Waals surface area contributed by atoms with Crippen LogP contribution >= 0.6 is 0 Å². The number of hydrazine groups is 1. The molecule has 1 aromatic carbocycles. The third kappa shape index (κ3) is 3.65. The Bertz CT molecular complexity index is 1110. The van der Waals surface area contributed by atoms with Crippen molar-refractivity contribution in [2.75, 3.05) is 16.8 Å². The Labute approximate surface area is 171 Å². The summed E-state index contributed by atoms with van der Waals surface area (Å²) in [6.45, 7) is 2.87. The molecule has 1 atom stereocenters. The molecule has 0 bridgehead atoms. The number of anilines is 2. The van der Waals surface area contributed by atoms with Gasteiger partial charge in [0, 0.05) is 24.2 Å². The lowest BCUT2D eigenvalue weighted by Crippen LogP contribution is -2.37. The number of aromatic nitrogens is 4. The number of H-pyrrole nitrogens is 1. The third-order valence-corrected chi connectivity index (χ3v) is 5.39. The molecule has 5 rings (SSSR count). The molecule has 1 aliphatic heterocycles. The maximum absolute atomic E-state index is 14.4. The number of hydrogen-bond acceptors (Lipinski definition) is 7. The van der Waals surface area contributed by atoms with Gasteiger partial charge in [0.05, 0.1) is 17.9 Å². The van der Waals surface area contributed by atoms with Crippen LogP contribution in [0, 0.1) is 17.6 Å². The first-order valence-electron chi connectivity index (χ1n) is 9.99. The molecule has 10 heteroatoms. The quantitative estimate of drug-likeness (QED) is 0.474. The van der Waals surface area contributed by atoms with E-state index in [1.165, 1.54) is 25.0 Å². The number of aromatic amines is 1. The maximum Gasteiger partial charge on any atom is 0.227 e. The van der Waals surface area contributed by atoms with Crippen molar-refractivity contribution in [2.24, 2.45) is 5.92 Å². The normalized spacial score (nSPS) is 18.4. The smallest absolute Gasteiger partial charge is 0.227 e. The minimum absolute atomic E-state index is 0.110. The Morgan fingerprint density at radius 2 is 2.10 bits per heavy atom. The number of hydrogen-bond donors (Lipinski definition) is 4. The van der Waals surface area contributed by atoms with E-state index in [1.54, 1.807) is 6.20 Å². The van der Waals surface area contributed by atoms with Crippen LogP contribution < -0.4 is 21.1 Å². The second-order valence-corrected chi connectivity index (χ2v) is 7.56. The predicted molar refractivity (Wildman–Crippen MR) is 109 cm³/mol. The Balaban J connectivity index is 1.38. The summed E-state index contributed by atoms with van der Waals surface area (Å²) in [5.74, 6) is 0.154. The summed E-state index contributed by atoms with van der Waals surface area (Å²) in [5.41, 5.74) is 8.73. The minimum atomic E-state index is -0.534. The van der Waals surface area contributed by atoms with Crippen LogP contribution in [0.4, 0.5) is 20.5 Å². The summed E-state index contributed by atoms with van der Waals surface area (Å²) in [5, 5.41) is 10.7. The van der Waals surface area contributed by atoms with Crippen LogP contribution in [0.25, 0.3) is 10.9 Å². The zero-order valence-electron chi connectivity index (χ0n) is 16.4. The molecule has 1 unspecified atom stereocenters. The Morgan fingerprint density at radius 1 is 1.23 bits per heavy atom. The van der Waals surface area contributed by atoms with E-state index < -0.39 is 5.82 Å². The van der Waals surface area contributed by atoms with Gasteiger partial charge < -0.3 is 15.6 Å². The van der Waals surface area contributed by atoms with Gasteiger partial charge >= 0.3 is 0 Å². The molecule has 156 valence electrons. The first-order chi connectivity index (χ1) is 14.6. The number of nitrogens with one attached hydrogen (secondary N) is 4. The Morgan fingerprint density at radius 3 is 2.90 bits per heavy atom. The van der Waals surface area contributed by atoms with Crippen molar-refractivity contribution in [2.45, 2.75) is 32.5 Å². The van der Waals surface area contributed by atoms with E-state index in [1.807, 2.05) is 17.9 Å². The molecule has 8 nitrogen and oxygen atoms in total. The predicted octanol–water partition coefficient (Wildman–Crippen LogP) is 2.80. The van der Waals surface area contributed by atoms with Gasteiger partial charge in [-0.2, -0.15) is 10.1 Å². The molecule has 3 aromatic rings. The Hall–Kier alpha value is -3.27. The molecule has 1 aliphatic carbocycles. The first kappa shape index (κ1) is 18.7. The highest BCUT2D eigenvalue weighted by Crippen LogP contribution is 2.36. The molecule has 2 aromatic heterocycles. The van der Waals surface area contributed by atoms with Crippen molar-refractivity contribution in [1.29, 1.82) is 0 Å². The van der Waals surface area contributed by atoms with Gasteiger partial charge in [-0.3, -0.25) is 5.10 Å². The molecule has 4 N–H and O–H groups in total. The van der Waals surface area contributed by atoms with Gasteiger partial charge in [0.1, 0.15) is 12.0 Å². The van der Waals surface area contributed by atoms with Crippen LogP contribution in [0.1, 0.15) is 25.3 Å².